The standard InChI is InChI=1S/C25H31FN6O3/c1-3-6-19(22(27)17-31(28)14-13-30-11-4-5-12-30)15-23-18(2)24(9-10-29-23)35-25-8-7-20(32(33)34)16-21(25)26/h3,6-10,15-17H,4-5,11-14,27-28H2,1-2H3/b6-3+,19-15+,22-17-. The molecule has 9 nitrogen and oxygen atoms in total. The highest BCUT2D eigenvalue weighted by Crippen LogP contribution is 2.31. The van der Waals surface area contributed by atoms with Crippen LogP contribution in [-0.2, 0) is 0 Å². The van der Waals surface area contributed by atoms with E-state index in [0.717, 1.165) is 25.7 Å². The van der Waals surface area contributed by atoms with Crippen LogP contribution >= 0.6 is 0 Å². The molecule has 0 unspecified atom stereocenters. The van der Waals surface area contributed by atoms with E-state index < -0.39 is 10.7 Å². The molecule has 1 aromatic carbocycles. The molecule has 4 N–H and O–H groups in total. The van der Waals surface area contributed by atoms with E-state index in [1.165, 1.54) is 31.2 Å². The van der Waals surface area contributed by atoms with Crippen LogP contribution in [0.15, 0.2) is 60.1 Å². The van der Waals surface area contributed by atoms with E-state index in [2.05, 4.69) is 9.88 Å². The number of hydrogen-bond donors (Lipinski definition) is 2. The van der Waals surface area contributed by atoms with Crippen LogP contribution in [-0.4, -0.2) is 46.0 Å². The number of nitrogens with zero attached hydrogens (tertiary/aromatic N) is 4. The molecular weight excluding hydrogens is 451 g/mol. The highest BCUT2D eigenvalue weighted by Gasteiger charge is 2.15. The van der Waals surface area contributed by atoms with E-state index >= 15 is 0 Å². The lowest BCUT2D eigenvalue weighted by Gasteiger charge is -2.20. The van der Waals surface area contributed by atoms with Crippen molar-refractivity contribution in [2.75, 3.05) is 26.2 Å². The number of rotatable bonds is 10. The molecule has 0 bridgehead atoms. The predicted molar refractivity (Wildman–Crippen MR) is 134 cm³/mol. The molecule has 2 aromatic rings. The van der Waals surface area contributed by atoms with Crippen LogP contribution in [0, 0.1) is 22.9 Å². The van der Waals surface area contributed by atoms with Gasteiger partial charge >= 0.3 is 0 Å². The van der Waals surface area contributed by atoms with Gasteiger partial charge in [0, 0.05) is 42.7 Å². The molecule has 0 atom stereocenters. The highest BCUT2D eigenvalue weighted by molar-refractivity contribution is 5.63. The van der Waals surface area contributed by atoms with E-state index in [1.807, 2.05) is 19.1 Å². The van der Waals surface area contributed by atoms with Crippen LogP contribution in [0.4, 0.5) is 10.1 Å². The van der Waals surface area contributed by atoms with Gasteiger partial charge in [0.05, 0.1) is 22.4 Å². The molecule has 0 aliphatic carbocycles. The lowest BCUT2D eigenvalue weighted by molar-refractivity contribution is -0.385. The molecule has 186 valence electrons. The lowest BCUT2D eigenvalue weighted by atomic mass is 10.1. The fourth-order valence-electron chi connectivity index (χ4n) is 3.73. The summed E-state index contributed by atoms with van der Waals surface area (Å²) in [5.41, 5.74) is 8.41. The largest absolute Gasteiger partial charge is 0.454 e. The van der Waals surface area contributed by atoms with Gasteiger partial charge in [-0.25, -0.2) is 10.2 Å². The summed E-state index contributed by atoms with van der Waals surface area (Å²) in [6.45, 7) is 7.41. The molecule has 1 aliphatic rings. The normalized spacial score (nSPS) is 15.1. The summed E-state index contributed by atoms with van der Waals surface area (Å²) in [4.78, 5) is 17.0. The Morgan fingerprint density at radius 1 is 1.31 bits per heavy atom. The van der Waals surface area contributed by atoms with Gasteiger partial charge in [-0.05, 0) is 58.0 Å². The van der Waals surface area contributed by atoms with Crippen molar-refractivity contribution in [2.24, 2.45) is 11.6 Å². The number of benzene rings is 1. The van der Waals surface area contributed by atoms with Crippen LogP contribution in [0.5, 0.6) is 11.5 Å². The molecule has 35 heavy (non-hydrogen) atoms. The zero-order valence-electron chi connectivity index (χ0n) is 20.0. The summed E-state index contributed by atoms with van der Waals surface area (Å²) < 4.78 is 20.0. The second-order valence-electron chi connectivity index (χ2n) is 8.26. The Morgan fingerprint density at radius 2 is 2.06 bits per heavy atom. The monoisotopic (exact) mass is 482 g/mol. The van der Waals surface area contributed by atoms with Crippen LogP contribution in [0.1, 0.15) is 31.0 Å². The number of allylic oxidation sites excluding steroid dienone is 2. The van der Waals surface area contributed by atoms with Gasteiger partial charge in [0.2, 0.25) is 0 Å². The lowest BCUT2D eigenvalue weighted by Crippen LogP contribution is -2.35. The van der Waals surface area contributed by atoms with Gasteiger partial charge in [-0.3, -0.25) is 15.1 Å². The minimum absolute atomic E-state index is 0.121. The molecule has 10 heteroatoms. The zero-order valence-corrected chi connectivity index (χ0v) is 20.0. The zero-order chi connectivity index (χ0) is 25.4. The summed E-state index contributed by atoms with van der Waals surface area (Å²) in [7, 11) is 0. The van der Waals surface area contributed by atoms with E-state index in [9.17, 15) is 14.5 Å². The van der Waals surface area contributed by atoms with Crippen molar-refractivity contribution in [1.82, 2.24) is 14.9 Å². The number of non-ortho nitro benzene ring substituents is 1. The van der Waals surface area contributed by atoms with Crippen molar-refractivity contribution in [3.05, 3.63) is 87.3 Å². The number of ether oxygens (including phenoxy) is 1. The van der Waals surface area contributed by atoms with Gasteiger partial charge in [-0.15, -0.1) is 0 Å². The van der Waals surface area contributed by atoms with Crippen molar-refractivity contribution in [2.45, 2.75) is 26.7 Å². The molecule has 1 fully saturated rings. The molecule has 0 spiro atoms. The van der Waals surface area contributed by atoms with Crippen LogP contribution in [0.3, 0.4) is 0 Å². The van der Waals surface area contributed by atoms with E-state index in [0.29, 0.717) is 34.8 Å². The van der Waals surface area contributed by atoms with E-state index in [4.69, 9.17) is 16.3 Å². The minimum atomic E-state index is -0.828. The van der Waals surface area contributed by atoms with Gasteiger partial charge in [0.25, 0.3) is 5.69 Å². The average molecular weight is 483 g/mol. The molecule has 0 saturated carbocycles. The molecule has 0 amide bonds. The van der Waals surface area contributed by atoms with E-state index in [-0.39, 0.29) is 11.4 Å². The Balaban J connectivity index is 1.80. The Hall–Kier alpha value is -3.76. The van der Waals surface area contributed by atoms with Crippen molar-refractivity contribution in [3.63, 3.8) is 0 Å². The first kappa shape index (κ1) is 25.9. The number of hydrazine groups is 1. The van der Waals surface area contributed by atoms with Crippen molar-refractivity contribution in [3.8, 4) is 11.5 Å². The fourth-order valence-corrected chi connectivity index (χ4v) is 3.73. The van der Waals surface area contributed by atoms with E-state index in [1.54, 1.807) is 30.3 Å². The van der Waals surface area contributed by atoms with Crippen molar-refractivity contribution < 1.29 is 14.1 Å². The molecule has 2 heterocycles. The van der Waals surface area contributed by atoms with Gasteiger partial charge < -0.3 is 20.4 Å². The SMILES string of the molecule is C/C=C/C(=C\c1nccc(Oc2ccc([N+](=O)[O-])cc2F)c1C)C(/N)=C/N(N)CCN1CCCC1. The maximum atomic E-state index is 14.3. The maximum absolute atomic E-state index is 14.3. The Kier molecular flexibility index (Phi) is 8.93. The molecule has 1 saturated heterocycles. The van der Waals surface area contributed by atoms with Gasteiger partial charge in [0.15, 0.2) is 11.6 Å². The van der Waals surface area contributed by atoms with Crippen LogP contribution < -0.4 is 16.3 Å². The second kappa shape index (κ2) is 12.1. The number of nitro groups is 1. The molecule has 0 radical (unpaired) electrons. The third-order valence-electron chi connectivity index (χ3n) is 5.69. The summed E-state index contributed by atoms with van der Waals surface area (Å²) in [5.74, 6) is 5.57. The summed E-state index contributed by atoms with van der Waals surface area (Å²) >= 11 is 0. The van der Waals surface area contributed by atoms with Gasteiger partial charge in [0.1, 0.15) is 5.75 Å². The number of hydrogen-bond acceptors (Lipinski definition) is 8. The van der Waals surface area contributed by atoms with Gasteiger partial charge in [-0.2, -0.15) is 0 Å². The first-order chi connectivity index (χ1) is 16.8. The topological polar surface area (TPSA) is 124 Å². The van der Waals surface area contributed by atoms with Crippen LogP contribution in [0.25, 0.3) is 6.08 Å². The maximum Gasteiger partial charge on any atom is 0.272 e. The Labute approximate surface area is 204 Å². The van der Waals surface area contributed by atoms with Crippen LogP contribution in [0.2, 0.25) is 0 Å². The third kappa shape index (κ3) is 7.11. The number of nitro benzene ring substituents is 1. The average Bonchev–Trinajstić information content (AvgIpc) is 3.34. The molecule has 1 aliphatic heterocycles. The number of likely N-dealkylation sites (tertiary alicyclic amines) is 1. The third-order valence-corrected chi connectivity index (χ3v) is 5.69. The second-order valence-corrected chi connectivity index (χ2v) is 8.26. The van der Waals surface area contributed by atoms with Crippen molar-refractivity contribution >= 4 is 11.8 Å². The highest BCUT2D eigenvalue weighted by atomic mass is 19.1. The first-order valence-corrected chi connectivity index (χ1v) is 11.4. The number of pyridine rings is 1. The first-order valence-electron chi connectivity index (χ1n) is 11.4. The number of aromatic nitrogens is 1. The summed E-state index contributed by atoms with van der Waals surface area (Å²) in [5, 5.41) is 12.4. The number of halogens is 1. The smallest absolute Gasteiger partial charge is 0.272 e. The quantitative estimate of drug-likeness (QED) is 0.223. The predicted octanol–water partition coefficient (Wildman–Crippen LogP) is 4.26. The Morgan fingerprint density at radius 3 is 2.71 bits per heavy atom. The van der Waals surface area contributed by atoms with Crippen molar-refractivity contribution in [1.29, 1.82) is 0 Å². The minimum Gasteiger partial charge on any atom is -0.454 e. The molecule has 3 rings (SSSR count). The molecular formula is C25H31FN6O3. The summed E-state index contributed by atoms with van der Waals surface area (Å²) in [6.07, 6.45) is 11.2. The van der Waals surface area contributed by atoms with Gasteiger partial charge in [-0.1, -0.05) is 12.2 Å². The Bertz CT molecular complexity index is 1140. The fraction of sp³-hybridized carbons (Fsp3) is 0.320. The number of nitrogens with two attached hydrogens (primary N) is 2. The summed E-state index contributed by atoms with van der Waals surface area (Å²) in [6, 6.07) is 4.84. The molecule has 1 aromatic heterocycles.